The highest BCUT2D eigenvalue weighted by Gasteiger charge is 2.39. The number of nitrogens with one attached hydrogen (secondary N) is 1. The van der Waals surface area contributed by atoms with E-state index < -0.39 is 0 Å². The van der Waals surface area contributed by atoms with Crippen LogP contribution in [0, 0.1) is 0 Å². The molecule has 0 radical (unpaired) electrons. The molecule has 2 saturated heterocycles. The molecule has 3 aliphatic rings. The monoisotopic (exact) mass is 438 g/mol. The average molecular weight is 439 g/mol. The second kappa shape index (κ2) is 8.57. The van der Waals surface area contributed by atoms with Crippen molar-refractivity contribution in [2.75, 3.05) is 31.1 Å². The number of imide groups is 1. The zero-order valence-corrected chi connectivity index (χ0v) is 18.2. The molecule has 1 aromatic carbocycles. The quantitative estimate of drug-likeness (QED) is 0.551. The summed E-state index contributed by atoms with van der Waals surface area (Å²) >= 11 is 4.83. The van der Waals surface area contributed by atoms with E-state index in [0.29, 0.717) is 19.4 Å². The maximum atomic E-state index is 12.3. The normalized spacial score (nSPS) is 24.9. The molecule has 2 amide bonds. The summed E-state index contributed by atoms with van der Waals surface area (Å²) in [5, 5.41) is 2.33. The molecule has 2 fully saturated rings. The molecule has 31 heavy (non-hydrogen) atoms. The van der Waals surface area contributed by atoms with Crippen molar-refractivity contribution in [3.05, 3.63) is 53.3 Å². The first kappa shape index (κ1) is 20.4. The number of benzene rings is 1. The SMILES string of the molecule is O=C1CCC(N2Cc3ccc(CN4CCN(c5ncccn5)CC4)cc3C2S)C(=O)N1. The second-order valence-electron chi connectivity index (χ2n) is 8.36. The first-order chi connectivity index (χ1) is 15.1. The number of nitrogens with zero attached hydrogens (tertiary/aromatic N) is 5. The molecule has 8 nitrogen and oxygen atoms in total. The van der Waals surface area contributed by atoms with E-state index in [1.165, 1.54) is 16.7 Å². The maximum Gasteiger partial charge on any atom is 0.243 e. The highest BCUT2D eigenvalue weighted by molar-refractivity contribution is 7.80. The van der Waals surface area contributed by atoms with Crippen LogP contribution in [-0.2, 0) is 22.7 Å². The zero-order valence-electron chi connectivity index (χ0n) is 17.3. The van der Waals surface area contributed by atoms with Crippen molar-refractivity contribution in [3.8, 4) is 0 Å². The molecule has 2 atom stereocenters. The third-order valence-corrected chi connectivity index (χ3v) is 6.95. The number of amides is 2. The number of carbonyl (C=O) groups excluding carboxylic acids is 2. The summed E-state index contributed by atoms with van der Waals surface area (Å²) in [6, 6.07) is 8.10. The first-order valence-corrected chi connectivity index (χ1v) is 11.2. The lowest BCUT2D eigenvalue weighted by Crippen LogP contribution is -2.51. The van der Waals surface area contributed by atoms with Gasteiger partial charge in [-0.25, -0.2) is 9.97 Å². The number of fused-ring (bicyclic) bond motifs is 1. The Balaban J connectivity index is 1.22. The number of hydrogen-bond donors (Lipinski definition) is 2. The Bertz CT molecular complexity index is 979. The van der Waals surface area contributed by atoms with Crippen LogP contribution >= 0.6 is 12.6 Å². The molecule has 2 unspecified atom stereocenters. The molecule has 3 aliphatic heterocycles. The Hall–Kier alpha value is -2.49. The highest BCUT2D eigenvalue weighted by Crippen LogP contribution is 2.39. The largest absolute Gasteiger partial charge is 0.338 e. The number of piperazine rings is 1. The van der Waals surface area contributed by atoms with Gasteiger partial charge in [-0.15, -0.1) is 0 Å². The minimum atomic E-state index is -0.302. The van der Waals surface area contributed by atoms with Gasteiger partial charge in [-0.3, -0.25) is 24.7 Å². The van der Waals surface area contributed by atoms with E-state index in [1.54, 1.807) is 12.4 Å². The fourth-order valence-electron chi connectivity index (χ4n) is 4.69. The second-order valence-corrected chi connectivity index (χ2v) is 8.85. The van der Waals surface area contributed by atoms with E-state index in [-0.39, 0.29) is 23.2 Å². The maximum absolute atomic E-state index is 12.3. The van der Waals surface area contributed by atoms with Gasteiger partial charge in [0.2, 0.25) is 17.8 Å². The van der Waals surface area contributed by atoms with E-state index in [4.69, 9.17) is 12.6 Å². The minimum Gasteiger partial charge on any atom is -0.338 e. The van der Waals surface area contributed by atoms with Crippen molar-refractivity contribution < 1.29 is 9.59 Å². The predicted molar refractivity (Wildman–Crippen MR) is 119 cm³/mol. The molecule has 0 saturated carbocycles. The summed E-state index contributed by atoms with van der Waals surface area (Å²) in [4.78, 5) is 39.3. The summed E-state index contributed by atoms with van der Waals surface area (Å²) in [5.41, 5.74) is 3.63. The van der Waals surface area contributed by atoms with Crippen LogP contribution in [0.4, 0.5) is 5.95 Å². The zero-order chi connectivity index (χ0) is 21.4. The van der Waals surface area contributed by atoms with Gasteiger partial charge < -0.3 is 4.90 Å². The van der Waals surface area contributed by atoms with Crippen LogP contribution in [0.1, 0.15) is 34.9 Å². The number of aromatic nitrogens is 2. The van der Waals surface area contributed by atoms with E-state index in [0.717, 1.165) is 38.7 Å². The summed E-state index contributed by atoms with van der Waals surface area (Å²) < 4.78 is 0. The van der Waals surface area contributed by atoms with Crippen molar-refractivity contribution in [3.63, 3.8) is 0 Å². The molecule has 9 heteroatoms. The molecular weight excluding hydrogens is 412 g/mol. The third kappa shape index (κ3) is 4.17. The number of rotatable bonds is 4. The first-order valence-electron chi connectivity index (χ1n) is 10.7. The Labute approximate surface area is 187 Å². The van der Waals surface area contributed by atoms with Gasteiger partial charge in [-0.1, -0.05) is 18.2 Å². The Morgan fingerprint density at radius 3 is 2.61 bits per heavy atom. The van der Waals surface area contributed by atoms with Crippen molar-refractivity contribution >= 4 is 30.4 Å². The van der Waals surface area contributed by atoms with Crippen molar-refractivity contribution in [1.82, 2.24) is 25.1 Å². The highest BCUT2D eigenvalue weighted by atomic mass is 32.1. The van der Waals surface area contributed by atoms with Crippen LogP contribution in [0.15, 0.2) is 36.7 Å². The van der Waals surface area contributed by atoms with Crippen LogP contribution in [0.2, 0.25) is 0 Å². The molecule has 4 heterocycles. The molecule has 5 rings (SSSR count). The van der Waals surface area contributed by atoms with Gasteiger partial charge in [0.1, 0.15) is 0 Å². The van der Waals surface area contributed by atoms with Crippen LogP contribution in [0.25, 0.3) is 0 Å². The van der Waals surface area contributed by atoms with Crippen molar-refractivity contribution in [1.29, 1.82) is 0 Å². The molecular formula is C22H26N6O2S. The topological polar surface area (TPSA) is 81.7 Å². The predicted octanol–water partition coefficient (Wildman–Crippen LogP) is 1.35. The van der Waals surface area contributed by atoms with Crippen LogP contribution in [-0.4, -0.2) is 63.8 Å². The van der Waals surface area contributed by atoms with Gasteiger partial charge in [-0.2, -0.15) is 12.6 Å². The third-order valence-electron chi connectivity index (χ3n) is 6.38. The van der Waals surface area contributed by atoms with Gasteiger partial charge in [0.25, 0.3) is 0 Å². The summed E-state index contributed by atoms with van der Waals surface area (Å²) in [6.45, 7) is 5.31. The molecule has 1 N–H and O–H groups in total. The fourth-order valence-corrected chi connectivity index (χ4v) is 5.17. The molecule has 1 aromatic heterocycles. The van der Waals surface area contributed by atoms with Crippen LogP contribution in [0.3, 0.4) is 0 Å². The number of anilines is 1. The van der Waals surface area contributed by atoms with Gasteiger partial charge in [0, 0.05) is 58.1 Å². The van der Waals surface area contributed by atoms with Crippen LogP contribution in [0.5, 0.6) is 0 Å². The number of hydrogen-bond acceptors (Lipinski definition) is 8. The van der Waals surface area contributed by atoms with Crippen LogP contribution < -0.4 is 10.2 Å². The lowest BCUT2D eigenvalue weighted by Gasteiger charge is -2.34. The standard InChI is InChI=1S/C22H26N6O2S/c29-19-5-4-18(20(30)25-19)28-14-16-3-2-15(12-17(16)21(28)31)13-26-8-10-27(11-9-26)22-23-6-1-7-24-22/h1-3,6-7,12,18,21,31H,4-5,8-11,13-14H2,(H,25,29,30). The summed E-state index contributed by atoms with van der Waals surface area (Å²) in [6.07, 6.45) is 4.50. The van der Waals surface area contributed by atoms with Crippen molar-refractivity contribution in [2.45, 2.75) is 37.3 Å². The van der Waals surface area contributed by atoms with Crippen molar-refractivity contribution in [2.24, 2.45) is 0 Å². The van der Waals surface area contributed by atoms with Gasteiger partial charge in [0.15, 0.2) is 0 Å². The Kier molecular flexibility index (Phi) is 5.64. The average Bonchev–Trinajstić information content (AvgIpc) is 3.11. The molecule has 0 spiro atoms. The summed E-state index contributed by atoms with van der Waals surface area (Å²) in [5.74, 6) is 0.407. The van der Waals surface area contributed by atoms with E-state index in [2.05, 4.69) is 48.2 Å². The minimum absolute atomic E-state index is 0.133. The summed E-state index contributed by atoms with van der Waals surface area (Å²) in [7, 11) is 0. The number of carbonyl (C=O) groups is 2. The molecule has 2 aromatic rings. The number of thiol groups is 1. The fraction of sp³-hybridized carbons (Fsp3) is 0.455. The van der Waals surface area contributed by atoms with E-state index in [9.17, 15) is 9.59 Å². The van der Waals surface area contributed by atoms with E-state index >= 15 is 0 Å². The molecule has 162 valence electrons. The van der Waals surface area contributed by atoms with E-state index in [1.807, 2.05) is 6.07 Å². The lowest BCUT2D eigenvalue weighted by molar-refractivity contribution is -0.137. The lowest BCUT2D eigenvalue weighted by atomic mass is 10.0. The molecule has 0 aliphatic carbocycles. The Morgan fingerprint density at radius 2 is 1.87 bits per heavy atom. The van der Waals surface area contributed by atoms with Gasteiger partial charge >= 0.3 is 0 Å². The van der Waals surface area contributed by atoms with Gasteiger partial charge in [0.05, 0.1) is 11.4 Å². The van der Waals surface area contributed by atoms with Gasteiger partial charge in [-0.05, 0) is 29.2 Å². The molecule has 0 bridgehead atoms. The number of piperidine rings is 1. The smallest absolute Gasteiger partial charge is 0.243 e. The Morgan fingerprint density at radius 1 is 1.10 bits per heavy atom.